The third kappa shape index (κ3) is 3.89. The SMILES string of the molecule is O=C(c1cccc(OC(F)F)c1)N1CCOC(c2ccccc2)C1. The maximum absolute atomic E-state index is 12.6. The van der Waals surface area contributed by atoms with Gasteiger partial charge in [0.05, 0.1) is 13.2 Å². The van der Waals surface area contributed by atoms with E-state index in [9.17, 15) is 13.6 Å². The molecule has 2 aromatic rings. The third-order valence-electron chi connectivity index (χ3n) is 3.83. The van der Waals surface area contributed by atoms with E-state index in [1.807, 2.05) is 30.3 Å². The normalized spacial score (nSPS) is 17.8. The minimum atomic E-state index is -2.92. The fourth-order valence-electron chi connectivity index (χ4n) is 2.69. The van der Waals surface area contributed by atoms with Crippen LogP contribution in [-0.2, 0) is 4.74 Å². The predicted octanol–water partition coefficient (Wildman–Crippen LogP) is 3.50. The second kappa shape index (κ2) is 7.40. The van der Waals surface area contributed by atoms with Crippen LogP contribution in [0.5, 0.6) is 5.75 Å². The number of alkyl halides is 2. The van der Waals surface area contributed by atoms with Gasteiger partial charge in [-0.15, -0.1) is 0 Å². The van der Waals surface area contributed by atoms with Crippen molar-refractivity contribution in [2.45, 2.75) is 12.7 Å². The summed E-state index contributed by atoms with van der Waals surface area (Å²) >= 11 is 0. The molecule has 1 saturated heterocycles. The maximum atomic E-state index is 12.6. The molecule has 24 heavy (non-hydrogen) atoms. The molecule has 0 radical (unpaired) electrons. The van der Waals surface area contributed by atoms with Crippen molar-refractivity contribution in [2.24, 2.45) is 0 Å². The molecule has 126 valence electrons. The summed E-state index contributed by atoms with van der Waals surface area (Å²) in [5, 5.41) is 0. The number of hydrogen-bond acceptors (Lipinski definition) is 3. The molecule has 0 bridgehead atoms. The van der Waals surface area contributed by atoms with Gasteiger partial charge in [-0.25, -0.2) is 0 Å². The molecule has 0 aromatic heterocycles. The lowest BCUT2D eigenvalue weighted by molar-refractivity contribution is -0.0499. The summed E-state index contributed by atoms with van der Waals surface area (Å²) in [6.07, 6.45) is -0.190. The Labute approximate surface area is 138 Å². The smallest absolute Gasteiger partial charge is 0.387 e. The first-order chi connectivity index (χ1) is 11.6. The number of ether oxygens (including phenoxy) is 2. The van der Waals surface area contributed by atoms with Crippen molar-refractivity contribution < 1.29 is 23.0 Å². The minimum Gasteiger partial charge on any atom is -0.435 e. The van der Waals surface area contributed by atoms with Crippen molar-refractivity contribution in [1.82, 2.24) is 4.90 Å². The molecular formula is C18H17F2NO3. The molecule has 4 nitrogen and oxygen atoms in total. The van der Waals surface area contributed by atoms with Crippen molar-refractivity contribution >= 4 is 5.91 Å². The molecule has 1 fully saturated rings. The van der Waals surface area contributed by atoms with Crippen molar-refractivity contribution in [3.05, 3.63) is 65.7 Å². The molecule has 1 aliphatic heterocycles. The third-order valence-corrected chi connectivity index (χ3v) is 3.83. The summed E-state index contributed by atoms with van der Waals surface area (Å²) in [5.74, 6) is -0.248. The monoisotopic (exact) mass is 333 g/mol. The van der Waals surface area contributed by atoms with Gasteiger partial charge in [-0.3, -0.25) is 4.79 Å². The Morgan fingerprint density at radius 1 is 1.17 bits per heavy atom. The van der Waals surface area contributed by atoms with Crippen molar-refractivity contribution in [2.75, 3.05) is 19.7 Å². The number of carbonyl (C=O) groups excluding carboxylic acids is 1. The Kier molecular flexibility index (Phi) is 5.05. The first-order valence-corrected chi connectivity index (χ1v) is 7.64. The van der Waals surface area contributed by atoms with Gasteiger partial charge in [0.2, 0.25) is 0 Å². The minimum absolute atomic E-state index is 0.0243. The molecule has 1 heterocycles. The van der Waals surface area contributed by atoms with E-state index in [-0.39, 0.29) is 17.8 Å². The molecule has 6 heteroatoms. The van der Waals surface area contributed by atoms with Gasteiger partial charge in [0.15, 0.2) is 0 Å². The van der Waals surface area contributed by atoms with Crippen LogP contribution in [-0.4, -0.2) is 37.1 Å². The first-order valence-electron chi connectivity index (χ1n) is 7.64. The van der Waals surface area contributed by atoms with E-state index in [4.69, 9.17) is 4.74 Å². The quantitative estimate of drug-likeness (QED) is 0.859. The van der Waals surface area contributed by atoms with Crippen LogP contribution in [0.2, 0.25) is 0 Å². The molecular weight excluding hydrogens is 316 g/mol. The zero-order valence-corrected chi connectivity index (χ0v) is 12.9. The average molecular weight is 333 g/mol. The second-order valence-corrected chi connectivity index (χ2v) is 5.43. The number of morpholine rings is 1. The van der Waals surface area contributed by atoms with Gasteiger partial charge in [-0.2, -0.15) is 8.78 Å². The highest BCUT2D eigenvalue weighted by Crippen LogP contribution is 2.24. The van der Waals surface area contributed by atoms with E-state index < -0.39 is 6.61 Å². The maximum Gasteiger partial charge on any atom is 0.387 e. The van der Waals surface area contributed by atoms with Crippen LogP contribution < -0.4 is 4.74 Å². The van der Waals surface area contributed by atoms with Crippen LogP contribution in [0.15, 0.2) is 54.6 Å². The molecule has 3 rings (SSSR count). The van der Waals surface area contributed by atoms with Crippen molar-refractivity contribution in [3.8, 4) is 5.75 Å². The lowest BCUT2D eigenvalue weighted by atomic mass is 10.1. The molecule has 0 aliphatic carbocycles. The summed E-state index contributed by atoms with van der Waals surface area (Å²) in [4.78, 5) is 14.3. The van der Waals surface area contributed by atoms with Gasteiger partial charge < -0.3 is 14.4 Å². The molecule has 0 saturated carbocycles. The molecule has 2 aromatic carbocycles. The van der Waals surface area contributed by atoms with Crippen LogP contribution in [0.4, 0.5) is 8.78 Å². The second-order valence-electron chi connectivity index (χ2n) is 5.43. The first kappa shape index (κ1) is 16.4. The Morgan fingerprint density at radius 2 is 1.96 bits per heavy atom. The predicted molar refractivity (Wildman–Crippen MR) is 84.1 cm³/mol. The number of benzene rings is 2. The highest BCUT2D eigenvalue weighted by atomic mass is 19.3. The van der Waals surface area contributed by atoms with E-state index in [1.165, 1.54) is 18.2 Å². The molecule has 1 aliphatic rings. The fraction of sp³-hybridized carbons (Fsp3) is 0.278. The molecule has 0 N–H and O–H groups in total. The molecule has 1 amide bonds. The van der Waals surface area contributed by atoms with Gasteiger partial charge >= 0.3 is 6.61 Å². The Morgan fingerprint density at radius 3 is 2.71 bits per heavy atom. The highest BCUT2D eigenvalue weighted by molar-refractivity contribution is 5.94. The number of nitrogens with zero attached hydrogens (tertiary/aromatic N) is 1. The van der Waals surface area contributed by atoms with E-state index >= 15 is 0 Å². The van der Waals surface area contributed by atoms with E-state index in [0.717, 1.165) is 5.56 Å². The highest BCUT2D eigenvalue weighted by Gasteiger charge is 2.26. The van der Waals surface area contributed by atoms with E-state index in [0.29, 0.717) is 25.3 Å². The van der Waals surface area contributed by atoms with Gasteiger partial charge in [0, 0.05) is 12.1 Å². The molecule has 0 spiro atoms. The van der Waals surface area contributed by atoms with E-state index in [1.54, 1.807) is 11.0 Å². The van der Waals surface area contributed by atoms with Gasteiger partial charge in [-0.1, -0.05) is 36.4 Å². The topological polar surface area (TPSA) is 38.8 Å². The summed E-state index contributed by atoms with van der Waals surface area (Å²) in [6.45, 7) is -1.61. The fourth-order valence-corrected chi connectivity index (χ4v) is 2.69. The number of rotatable bonds is 4. The van der Waals surface area contributed by atoms with Crippen LogP contribution in [0, 0.1) is 0 Å². The Hall–Kier alpha value is -2.47. The van der Waals surface area contributed by atoms with Gasteiger partial charge in [0.1, 0.15) is 11.9 Å². The van der Waals surface area contributed by atoms with Crippen LogP contribution in [0.3, 0.4) is 0 Å². The largest absolute Gasteiger partial charge is 0.435 e. The van der Waals surface area contributed by atoms with Gasteiger partial charge in [0.25, 0.3) is 5.91 Å². The van der Waals surface area contributed by atoms with Crippen molar-refractivity contribution in [1.29, 1.82) is 0 Å². The average Bonchev–Trinajstić information content (AvgIpc) is 2.62. The number of halogens is 2. The lowest BCUT2D eigenvalue weighted by Gasteiger charge is -2.33. The van der Waals surface area contributed by atoms with Crippen LogP contribution in [0.1, 0.15) is 22.0 Å². The summed E-state index contributed by atoms with van der Waals surface area (Å²) < 4.78 is 34.7. The zero-order chi connectivity index (χ0) is 16.9. The molecule has 1 atom stereocenters. The number of hydrogen-bond donors (Lipinski definition) is 0. The van der Waals surface area contributed by atoms with E-state index in [2.05, 4.69) is 4.74 Å². The molecule has 1 unspecified atom stereocenters. The summed E-state index contributed by atoms with van der Waals surface area (Å²) in [5.41, 5.74) is 1.33. The Balaban J connectivity index is 1.72. The van der Waals surface area contributed by atoms with Crippen LogP contribution >= 0.6 is 0 Å². The van der Waals surface area contributed by atoms with Crippen molar-refractivity contribution in [3.63, 3.8) is 0 Å². The Bertz CT molecular complexity index is 694. The number of amides is 1. The summed E-state index contributed by atoms with van der Waals surface area (Å²) in [7, 11) is 0. The van der Waals surface area contributed by atoms with Gasteiger partial charge in [-0.05, 0) is 23.8 Å². The zero-order valence-electron chi connectivity index (χ0n) is 12.9. The lowest BCUT2D eigenvalue weighted by Crippen LogP contribution is -2.42. The standard InChI is InChI=1S/C18H17F2NO3/c19-18(20)24-15-8-4-7-14(11-15)17(22)21-9-10-23-16(12-21)13-5-2-1-3-6-13/h1-8,11,16,18H,9-10,12H2. The van der Waals surface area contributed by atoms with Crippen LogP contribution in [0.25, 0.3) is 0 Å². The summed E-state index contributed by atoms with van der Waals surface area (Å²) in [6, 6.07) is 15.5. The number of carbonyl (C=O) groups is 1.